The average molecular weight is 625 g/mol. The largest absolute Gasteiger partial charge is 0.458 e. The monoisotopic (exact) mass is 624 g/mol. The van der Waals surface area contributed by atoms with E-state index in [-0.39, 0.29) is 34.0 Å². The van der Waals surface area contributed by atoms with Gasteiger partial charge in [0.2, 0.25) is 14.2 Å². The second-order valence-electron chi connectivity index (χ2n) is 13.8. The van der Waals surface area contributed by atoms with E-state index in [1.807, 2.05) is 13.8 Å². The molecule has 2 N–H and O–H groups in total. The number of carbonyl (C=O) groups excluding carboxylic acids is 2. The number of rotatable bonds is 5. The van der Waals surface area contributed by atoms with E-state index in [2.05, 4.69) is 16.8 Å². The molecule has 1 aromatic rings. The van der Waals surface area contributed by atoms with E-state index in [0.717, 1.165) is 49.0 Å². The Morgan fingerprint density at radius 3 is 2.45 bits per heavy atom. The minimum atomic E-state index is -3.43. The number of hydrogen-bond acceptors (Lipinski definition) is 10. The standard InChI is InChI=1S/C31H48N2O7S2/c1-18-9-8-12-31(6)24(33(31)16-21-10-11-21)14-23(19(2)13-22-17-41-29(32-22)42(7,38)39)40-26(35)15-25(34)30(4,5)28(37)20(3)27(18)36/h13,17-18,20-21,23-25,27,34,36H,8-12,14-16H2,1-7H3/b19-13+/t18-,20+,23-,24-,25-,27-,31+,33?/m0/s1. The fourth-order valence-corrected chi connectivity index (χ4v) is 8.13. The molecule has 11 heteroatoms. The zero-order valence-corrected chi connectivity index (χ0v) is 27.6. The van der Waals surface area contributed by atoms with Crippen LogP contribution >= 0.6 is 11.3 Å². The summed E-state index contributed by atoms with van der Waals surface area (Å²) in [5, 5.41) is 23.8. The molecule has 3 aliphatic rings. The van der Waals surface area contributed by atoms with Gasteiger partial charge in [-0.15, -0.1) is 11.3 Å². The van der Waals surface area contributed by atoms with Crippen LogP contribution in [0.4, 0.5) is 0 Å². The summed E-state index contributed by atoms with van der Waals surface area (Å²) < 4.78 is 30.0. The summed E-state index contributed by atoms with van der Waals surface area (Å²) in [6, 6.07) is 0.191. The van der Waals surface area contributed by atoms with Crippen LogP contribution in [0.3, 0.4) is 0 Å². The number of nitrogens with zero attached hydrogens (tertiary/aromatic N) is 2. The zero-order chi connectivity index (χ0) is 31.2. The Bertz CT molecular complexity index is 1300. The van der Waals surface area contributed by atoms with Crippen molar-refractivity contribution in [1.29, 1.82) is 0 Å². The van der Waals surface area contributed by atoms with Gasteiger partial charge in [-0.25, -0.2) is 13.4 Å². The van der Waals surface area contributed by atoms with Crippen molar-refractivity contribution >= 4 is 39.0 Å². The fourth-order valence-electron chi connectivity index (χ4n) is 6.52. The highest BCUT2D eigenvalue weighted by atomic mass is 32.2. The van der Waals surface area contributed by atoms with Crippen LogP contribution in [0.5, 0.6) is 0 Å². The van der Waals surface area contributed by atoms with E-state index >= 15 is 0 Å². The summed E-state index contributed by atoms with van der Waals surface area (Å²) in [6.07, 6.45) is 5.44. The maximum Gasteiger partial charge on any atom is 0.309 e. The number of ketones is 1. The van der Waals surface area contributed by atoms with E-state index in [1.54, 1.807) is 32.2 Å². The van der Waals surface area contributed by atoms with Crippen LogP contribution in [-0.4, -0.2) is 83.0 Å². The number of carbonyl (C=O) groups is 2. The number of cyclic esters (lactones) is 1. The van der Waals surface area contributed by atoms with Gasteiger partial charge in [-0.2, -0.15) is 0 Å². The van der Waals surface area contributed by atoms with Gasteiger partial charge in [0.1, 0.15) is 11.9 Å². The summed E-state index contributed by atoms with van der Waals surface area (Å²) in [5.41, 5.74) is -0.0917. The number of fused-ring (bicyclic) bond motifs is 1. The van der Waals surface area contributed by atoms with Crippen molar-refractivity contribution in [3.63, 3.8) is 0 Å². The molecule has 0 radical (unpaired) electrons. The fraction of sp³-hybridized carbons (Fsp3) is 0.774. The van der Waals surface area contributed by atoms with Gasteiger partial charge in [0.15, 0.2) is 0 Å². The Balaban J connectivity index is 1.64. The highest BCUT2D eigenvalue weighted by molar-refractivity contribution is 7.92. The summed E-state index contributed by atoms with van der Waals surface area (Å²) in [7, 11) is -3.43. The van der Waals surface area contributed by atoms with E-state index < -0.39 is 45.5 Å². The third-order valence-corrected chi connectivity index (χ3v) is 12.5. The molecule has 2 saturated heterocycles. The zero-order valence-electron chi connectivity index (χ0n) is 26.0. The predicted molar refractivity (Wildman–Crippen MR) is 163 cm³/mol. The molecular formula is C31H48N2O7S2. The van der Waals surface area contributed by atoms with Gasteiger partial charge in [-0.1, -0.05) is 34.1 Å². The van der Waals surface area contributed by atoms with Crippen molar-refractivity contribution in [3.8, 4) is 0 Å². The molecule has 0 spiro atoms. The van der Waals surface area contributed by atoms with Gasteiger partial charge >= 0.3 is 5.97 Å². The quantitative estimate of drug-likeness (QED) is 0.364. The van der Waals surface area contributed by atoms with Crippen LogP contribution in [0.1, 0.15) is 92.2 Å². The second kappa shape index (κ2) is 12.4. The molecule has 0 aromatic carbocycles. The highest BCUT2D eigenvalue weighted by Gasteiger charge is 2.59. The molecule has 2 aliphatic heterocycles. The lowest BCUT2D eigenvalue weighted by molar-refractivity contribution is -0.154. The van der Waals surface area contributed by atoms with Gasteiger partial charge in [0.05, 0.1) is 29.7 Å². The summed E-state index contributed by atoms with van der Waals surface area (Å²) in [4.78, 5) is 33.5. The van der Waals surface area contributed by atoms with Crippen LogP contribution in [0, 0.1) is 23.2 Å². The molecule has 42 heavy (non-hydrogen) atoms. The van der Waals surface area contributed by atoms with Crippen molar-refractivity contribution in [2.75, 3.05) is 12.8 Å². The summed E-state index contributed by atoms with van der Waals surface area (Å²) in [5.74, 6) is -0.967. The lowest BCUT2D eigenvalue weighted by Gasteiger charge is -2.34. The Labute approximate surface area is 254 Å². The number of esters is 1. The van der Waals surface area contributed by atoms with Crippen molar-refractivity contribution in [2.24, 2.45) is 23.2 Å². The third kappa shape index (κ3) is 7.34. The molecule has 8 atom stereocenters. The number of sulfone groups is 1. The van der Waals surface area contributed by atoms with Crippen molar-refractivity contribution in [3.05, 3.63) is 16.6 Å². The first-order chi connectivity index (χ1) is 19.4. The maximum absolute atomic E-state index is 13.4. The lowest BCUT2D eigenvalue weighted by Crippen LogP contribution is -2.45. The number of Topliss-reactive ketones (excluding diaryl/α,β-unsaturated/α-hetero) is 1. The number of hydrogen-bond donors (Lipinski definition) is 2. The molecule has 1 unspecified atom stereocenters. The minimum Gasteiger partial charge on any atom is -0.458 e. The Morgan fingerprint density at radius 2 is 1.86 bits per heavy atom. The van der Waals surface area contributed by atoms with E-state index in [0.29, 0.717) is 18.0 Å². The van der Waals surface area contributed by atoms with Crippen molar-refractivity contribution in [2.45, 2.75) is 121 Å². The Morgan fingerprint density at radius 1 is 1.19 bits per heavy atom. The molecule has 9 nitrogen and oxygen atoms in total. The highest BCUT2D eigenvalue weighted by Crippen LogP contribution is 2.51. The van der Waals surface area contributed by atoms with Crippen LogP contribution in [0.2, 0.25) is 0 Å². The number of aliphatic hydroxyl groups is 2. The lowest BCUT2D eigenvalue weighted by atomic mass is 9.73. The van der Waals surface area contributed by atoms with Crippen molar-refractivity contribution < 1.29 is 33.0 Å². The van der Waals surface area contributed by atoms with Crippen LogP contribution in [0.15, 0.2) is 15.3 Å². The molecule has 236 valence electrons. The molecule has 0 bridgehead atoms. The molecule has 4 rings (SSSR count). The number of aliphatic hydroxyl groups excluding tert-OH is 2. The van der Waals surface area contributed by atoms with Gasteiger partial charge < -0.3 is 14.9 Å². The predicted octanol–water partition coefficient (Wildman–Crippen LogP) is 4.27. The summed E-state index contributed by atoms with van der Waals surface area (Å²) >= 11 is 1.05. The first-order valence-corrected chi connectivity index (χ1v) is 17.9. The smallest absolute Gasteiger partial charge is 0.309 e. The topological polar surface area (TPSA) is 134 Å². The van der Waals surface area contributed by atoms with Crippen LogP contribution in [0.25, 0.3) is 6.08 Å². The van der Waals surface area contributed by atoms with Gasteiger partial charge in [0, 0.05) is 42.1 Å². The Hall–Kier alpha value is -1.66. The first-order valence-electron chi connectivity index (χ1n) is 15.2. The van der Waals surface area contributed by atoms with Gasteiger partial charge in [-0.3, -0.25) is 14.5 Å². The number of ether oxygens (including phenoxy) is 1. The van der Waals surface area contributed by atoms with Crippen LogP contribution < -0.4 is 0 Å². The molecule has 1 aromatic heterocycles. The minimum absolute atomic E-state index is 0.0329. The summed E-state index contributed by atoms with van der Waals surface area (Å²) in [6.45, 7) is 12.0. The molecular weight excluding hydrogens is 576 g/mol. The van der Waals surface area contributed by atoms with E-state index in [4.69, 9.17) is 4.74 Å². The molecule has 1 saturated carbocycles. The number of aromatic nitrogens is 1. The second-order valence-corrected chi connectivity index (χ2v) is 16.9. The van der Waals surface area contributed by atoms with Crippen LogP contribution in [-0.2, 0) is 24.2 Å². The van der Waals surface area contributed by atoms with Gasteiger partial charge in [-0.05, 0) is 63.0 Å². The van der Waals surface area contributed by atoms with Gasteiger partial charge in [0.25, 0.3) is 0 Å². The Kier molecular flexibility index (Phi) is 9.80. The van der Waals surface area contributed by atoms with E-state index in [1.165, 1.54) is 12.8 Å². The maximum atomic E-state index is 13.4. The molecule has 1 aliphatic carbocycles. The molecule has 3 heterocycles. The molecule has 3 fully saturated rings. The van der Waals surface area contributed by atoms with E-state index in [9.17, 15) is 28.2 Å². The normalized spacial score (nSPS) is 37.2. The van der Waals surface area contributed by atoms with Crippen molar-refractivity contribution in [1.82, 2.24) is 9.88 Å². The SMILES string of the molecule is C/C(=C\c1csc(S(C)(=O)=O)n1)[C@@H]1C[C@@H]2N(CC3CC3)[C@]2(C)CCC[C@H](C)[C@H](O)[C@@H](C)C(=O)C(C)(C)[C@@H](O)CC(=O)O1. The molecule has 0 amide bonds. The third-order valence-electron chi connectivity index (χ3n) is 9.93. The number of thiazole rings is 1. The first kappa shape index (κ1) is 33.2. The average Bonchev–Trinajstić information content (AvgIpc) is 3.75.